The summed E-state index contributed by atoms with van der Waals surface area (Å²) in [6, 6.07) is 8.09. The lowest BCUT2D eigenvalue weighted by Crippen LogP contribution is -2.43. The molecular formula is C12H21N3O2S. The smallest absolute Gasteiger partial charge is 0.208 e. The maximum Gasteiger partial charge on any atom is 0.208 e. The maximum absolute atomic E-state index is 11.0. The Balaban J connectivity index is 2.62. The maximum atomic E-state index is 11.0. The zero-order chi connectivity index (χ0) is 13.6. The van der Waals surface area contributed by atoms with Crippen molar-refractivity contribution in [3.8, 4) is 0 Å². The lowest BCUT2D eigenvalue weighted by molar-refractivity contribution is 0.581. The standard InChI is InChI=1S/C12H21N3O2S/c1-4-13-15(10-9-14-18(3,16)17)12-7-5-11(2)6-8-12/h5-8,13-14H,4,9-10H2,1-3H3. The molecule has 1 aromatic carbocycles. The largest absolute Gasteiger partial charge is 0.307 e. The van der Waals surface area contributed by atoms with Crippen LogP contribution in [0.15, 0.2) is 24.3 Å². The van der Waals surface area contributed by atoms with Crippen molar-refractivity contribution in [3.05, 3.63) is 29.8 Å². The van der Waals surface area contributed by atoms with E-state index in [0.717, 1.165) is 18.5 Å². The molecule has 0 amide bonds. The Hall–Kier alpha value is -1.11. The molecule has 0 aliphatic carbocycles. The molecule has 1 aromatic rings. The molecule has 0 heterocycles. The van der Waals surface area contributed by atoms with Crippen LogP contribution in [0, 0.1) is 6.92 Å². The third-order valence-electron chi connectivity index (χ3n) is 2.39. The van der Waals surface area contributed by atoms with Gasteiger partial charge in [-0.2, -0.15) is 0 Å². The number of nitrogens with one attached hydrogen (secondary N) is 2. The Morgan fingerprint density at radius 1 is 1.22 bits per heavy atom. The molecule has 0 saturated carbocycles. The van der Waals surface area contributed by atoms with E-state index in [1.807, 2.05) is 43.1 Å². The summed E-state index contributed by atoms with van der Waals surface area (Å²) in [5.41, 5.74) is 5.43. The first-order chi connectivity index (χ1) is 8.42. The van der Waals surface area contributed by atoms with Gasteiger partial charge in [-0.05, 0) is 19.1 Å². The molecular weight excluding hydrogens is 250 g/mol. The molecule has 0 radical (unpaired) electrons. The molecule has 0 bridgehead atoms. The van der Waals surface area contributed by atoms with Crippen LogP contribution in [0.4, 0.5) is 5.69 Å². The second kappa shape index (κ2) is 6.72. The van der Waals surface area contributed by atoms with Gasteiger partial charge in [-0.15, -0.1) is 0 Å². The highest BCUT2D eigenvalue weighted by Gasteiger charge is 2.06. The van der Waals surface area contributed by atoms with Crippen LogP contribution in [0.3, 0.4) is 0 Å². The summed E-state index contributed by atoms with van der Waals surface area (Å²) in [5, 5.41) is 1.94. The Labute approximate surface area is 109 Å². The highest BCUT2D eigenvalue weighted by Crippen LogP contribution is 2.12. The Kier molecular flexibility index (Phi) is 5.58. The van der Waals surface area contributed by atoms with Gasteiger partial charge in [-0.25, -0.2) is 18.6 Å². The van der Waals surface area contributed by atoms with Crippen molar-refractivity contribution in [1.82, 2.24) is 10.1 Å². The van der Waals surface area contributed by atoms with Crippen LogP contribution < -0.4 is 15.2 Å². The molecule has 0 spiro atoms. The second-order valence-electron chi connectivity index (χ2n) is 4.17. The van der Waals surface area contributed by atoms with Gasteiger partial charge in [-0.1, -0.05) is 24.6 Å². The molecule has 0 atom stereocenters. The minimum atomic E-state index is -3.13. The summed E-state index contributed by atoms with van der Waals surface area (Å²) >= 11 is 0. The highest BCUT2D eigenvalue weighted by molar-refractivity contribution is 7.88. The third kappa shape index (κ3) is 5.48. The van der Waals surface area contributed by atoms with Gasteiger partial charge in [0.1, 0.15) is 0 Å². The van der Waals surface area contributed by atoms with Gasteiger partial charge < -0.3 is 5.01 Å². The van der Waals surface area contributed by atoms with E-state index >= 15 is 0 Å². The zero-order valence-corrected chi connectivity index (χ0v) is 11.9. The van der Waals surface area contributed by atoms with Crippen molar-refractivity contribution in [1.29, 1.82) is 0 Å². The average Bonchev–Trinajstić information content (AvgIpc) is 2.27. The molecule has 0 aromatic heterocycles. The predicted octanol–water partition coefficient (Wildman–Crippen LogP) is 0.875. The Morgan fingerprint density at radius 2 is 1.83 bits per heavy atom. The predicted molar refractivity (Wildman–Crippen MR) is 75.0 cm³/mol. The first kappa shape index (κ1) is 14.9. The number of sulfonamides is 1. The first-order valence-corrected chi connectivity index (χ1v) is 7.84. The van der Waals surface area contributed by atoms with Crippen LogP contribution >= 0.6 is 0 Å². The molecule has 0 saturated heterocycles. The molecule has 102 valence electrons. The molecule has 2 N–H and O–H groups in total. The number of hydrogen-bond acceptors (Lipinski definition) is 4. The second-order valence-corrected chi connectivity index (χ2v) is 6.00. The summed E-state index contributed by atoms with van der Waals surface area (Å²) < 4.78 is 24.5. The number of aryl methyl sites for hydroxylation is 1. The van der Waals surface area contributed by atoms with Crippen LogP contribution in [-0.4, -0.2) is 34.3 Å². The molecule has 0 fully saturated rings. The van der Waals surface area contributed by atoms with Crippen molar-refractivity contribution in [2.75, 3.05) is 30.9 Å². The van der Waals surface area contributed by atoms with Crippen molar-refractivity contribution in [3.63, 3.8) is 0 Å². The first-order valence-electron chi connectivity index (χ1n) is 5.94. The fraction of sp³-hybridized carbons (Fsp3) is 0.500. The van der Waals surface area contributed by atoms with E-state index in [2.05, 4.69) is 10.1 Å². The van der Waals surface area contributed by atoms with Crippen molar-refractivity contribution in [2.24, 2.45) is 0 Å². The monoisotopic (exact) mass is 271 g/mol. The molecule has 18 heavy (non-hydrogen) atoms. The van der Waals surface area contributed by atoms with E-state index in [4.69, 9.17) is 0 Å². The summed E-state index contributed by atoms with van der Waals surface area (Å²) in [5.74, 6) is 0. The summed E-state index contributed by atoms with van der Waals surface area (Å²) in [6.45, 7) is 5.77. The minimum Gasteiger partial charge on any atom is -0.307 e. The highest BCUT2D eigenvalue weighted by atomic mass is 32.2. The zero-order valence-electron chi connectivity index (χ0n) is 11.1. The number of nitrogens with zero attached hydrogens (tertiary/aromatic N) is 1. The van der Waals surface area contributed by atoms with Crippen LogP contribution in [0.2, 0.25) is 0 Å². The van der Waals surface area contributed by atoms with Gasteiger partial charge in [0, 0.05) is 19.6 Å². The van der Waals surface area contributed by atoms with Gasteiger partial charge in [0.05, 0.1) is 11.9 Å². The summed E-state index contributed by atoms with van der Waals surface area (Å²) in [6.07, 6.45) is 1.16. The number of benzene rings is 1. The molecule has 0 aliphatic rings. The Bertz CT molecular complexity index is 457. The van der Waals surface area contributed by atoms with E-state index in [-0.39, 0.29) is 0 Å². The lowest BCUT2D eigenvalue weighted by atomic mass is 10.2. The number of hydrogen-bond donors (Lipinski definition) is 2. The molecule has 0 aliphatic heterocycles. The number of anilines is 1. The van der Waals surface area contributed by atoms with Crippen molar-refractivity contribution < 1.29 is 8.42 Å². The van der Waals surface area contributed by atoms with E-state index in [0.29, 0.717) is 13.1 Å². The number of rotatable bonds is 7. The van der Waals surface area contributed by atoms with Crippen molar-refractivity contribution >= 4 is 15.7 Å². The molecule has 5 nitrogen and oxygen atoms in total. The quantitative estimate of drug-likeness (QED) is 0.723. The molecule has 0 unspecified atom stereocenters. The van der Waals surface area contributed by atoms with Crippen LogP contribution in [0.5, 0.6) is 0 Å². The topological polar surface area (TPSA) is 61.4 Å². The van der Waals surface area contributed by atoms with Crippen molar-refractivity contribution in [2.45, 2.75) is 13.8 Å². The Morgan fingerprint density at radius 3 is 2.33 bits per heavy atom. The van der Waals surface area contributed by atoms with Gasteiger partial charge in [0.15, 0.2) is 0 Å². The minimum absolute atomic E-state index is 0.375. The van der Waals surface area contributed by atoms with Crippen LogP contribution in [0.1, 0.15) is 12.5 Å². The van der Waals surface area contributed by atoms with Gasteiger partial charge in [-0.3, -0.25) is 0 Å². The summed E-state index contributed by atoms with van der Waals surface area (Å²) in [7, 11) is -3.13. The average molecular weight is 271 g/mol. The van der Waals surface area contributed by atoms with Gasteiger partial charge >= 0.3 is 0 Å². The van der Waals surface area contributed by atoms with E-state index in [9.17, 15) is 8.42 Å². The van der Waals surface area contributed by atoms with E-state index in [1.165, 1.54) is 5.56 Å². The van der Waals surface area contributed by atoms with Crippen LogP contribution in [0.25, 0.3) is 0 Å². The lowest BCUT2D eigenvalue weighted by Gasteiger charge is -2.25. The molecule has 6 heteroatoms. The van der Waals surface area contributed by atoms with Crippen LogP contribution in [-0.2, 0) is 10.0 Å². The van der Waals surface area contributed by atoms with E-state index < -0.39 is 10.0 Å². The fourth-order valence-corrected chi connectivity index (χ4v) is 2.02. The number of hydrazine groups is 1. The summed E-state index contributed by atoms with van der Waals surface area (Å²) in [4.78, 5) is 0. The SMILES string of the molecule is CCNN(CCNS(C)(=O)=O)c1ccc(C)cc1. The molecule has 1 rings (SSSR count). The van der Waals surface area contributed by atoms with Gasteiger partial charge in [0.2, 0.25) is 10.0 Å². The van der Waals surface area contributed by atoms with E-state index in [1.54, 1.807) is 0 Å². The normalized spacial score (nSPS) is 11.5. The van der Waals surface area contributed by atoms with Gasteiger partial charge in [0.25, 0.3) is 0 Å². The third-order valence-corrected chi connectivity index (χ3v) is 3.12. The fourth-order valence-electron chi connectivity index (χ4n) is 1.56.